The van der Waals surface area contributed by atoms with Gasteiger partial charge in [-0.25, -0.2) is 0 Å². The Labute approximate surface area is 299 Å². The quantitative estimate of drug-likeness (QED) is 0.134. The average molecular weight is 817 g/mol. The van der Waals surface area contributed by atoms with Crippen molar-refractivity contribution in [1.29, 1.82) is 0 Å². The molecule has 0 radical (unpaired) electrons. The van der Waals surface area contributed by atoms with E-state index in [0.29, 0.717) is 0 Å². The zero-order valence-electron chi connectivity index (χ0n) is 28.8. The van der Waals surface area contributed by atoms with Crippen LogP contribution in [0.2, 0.25) is 5.71 Å². The van der Waals surface area contributed by atoms with E-state index in [0.717, 1.165) is 75.4 Å². The van der Waals surface area contributed by atoms with Crippen molar-refractivity contribution in [3.63, 3.8) is 0 Å². The van der Waals surface area contributed by atoms with Crippen molar-refractivity contribution in [3.8, 4) is 0 Å². The van der Waals surface area contributed by atoms with Gasteiger partial charge in [0.25, 0.3) is 0 Å². The van der Waals surface area contributed by atoms with E-state index in [4.69, 9.17) is 47.4 Å². The Hall–Kier alpha value is -3.06. The molecule has 2 rings (SSSR count). The van der Waals surface area contributed by atoms with Gasteiger partial charge < -0.3 is 0 Å². The summed E-state index contributed by atoms with van der Waals surface area (Å²) in [6.07, 6.45) is -10.5. The molecule has 50 heavy (non-hydrogen) atoms. The predicted molar refractivity (Wildman–Crippen MR) is 171 cm³/mol. The first-order chi connectivity index (χ1) is 23.3. The van der Waals surface area contributed by atoms with Gasteiger partial charge in [-0.15, -0.1) is 0 Å². The van der Waals surface area contributed by atoms with Crippen molar-refractivity contribution in [1.82, 2.24) is 0 Å². The van der Waals surface area contributed by atoms with Gasteiger partial charge in [0.2, 0.25) is 0 Å². The molecule has 10 unspecified atom stereocenters. The van der Waals surface area contributed by atoms with Gasteiger partial charge in [-0.2, -0.15) is 0 Å². The van der Waals surface area contributed by atoms with E-state index < -0.39 is 133 Å². The maximum atomic E-state index is 12.3. The third kappa shape index (κ3) is 13.9. The van der Waals surface area contributed by atoms with Gasteiger partial charge in [-0.05, 0) is 0 Å². The Balaban J connectivity index is 2.53. The van der Waals surface area contributed by atoms with Crippen molar-refractivity contribution in [2.45, 2.75) is 121 Å². The van der Waals surface area contributed by atoms with Gasteiger partial charge in [0, 0.05) is 0 Å². The van der Waals surface area contributed by atoms with E-state index in [2.05, 4.69) is 0 Å². The van der Waals surface area contributed by atoms with Crippen molar-refractivity contribution >= 4 is 80.1 Å². The number of rotatable bonds is 14. The van der Waals surface area contributed by atoms with Crippen molar-refractivity contribution < 1.29 is 85.7 Å². The van der Waals surface area contributed by atoms with Crippen LogP contribution in [0.5, 0.6) is 0 Å². The van der Waals surface area contributed by atoms with Crippen LogP contribution in [0.15, 0.2) is 0 Å². The minimum absolute atomic E-state index is 0.418. The number of hydrogen-bond donors (Lipinski definition) is 0. The molecule has 0 aromatic heterocycles. The SMILES string of the molecule is CC(=O)OCC1OC(S[As](C)SC2OC(COC(C)=O)C(OC(C)=O)C(OC(C)=O)C2OC(C)=O)C(OC(C)=O)C(OC(C)=O)C1OC(C)=O. The van der Waals surface area contributed by atoms with E-state index in [-0.39, 0.29) is 0 Å². The fourth-order valence-corrected chi connectivity index (χ4v) is 16.1. The molecule has 2 saturated heterocycles. The van der Waals surface area contributed by atoms with Crippen LogP contribution in [0.25, 0.3) is 0 Å². The molecule has 21 heteroatoms. The van der Waals surface area contributed by atoms with E-state index in [9.17, 15) is 38.4 Å². The van der Waals surface area contributed by atoms with Gasteiger partial charge in [-0.1, -0.05) is 0 Å². The second-order valence-corrected chi connectivity index (χ2v) is 23.5. The molecule has 0 bridgehead atoms. The van der Waals surface area contributed by atoms with Gasteiger partial charge in [0.05, 0.1) is 0 Å². The van der Waals surface area contributed by atoms with Gasteiger partial charge in [0.1, 0.15) is 0 Å². The summed E-state index contributed by atoms with van der Waals surface area (Å²) in [5.74, 6) is -6.04. The molecule has 2 heterocycles. The van der Waals surface area contributed by atoms with E-state index in [1.165, 1.54) is 0 Å². The van der Waals surface area contributed by atoms with Crippen molar-refractivity contribution in [2.24, 2.45) is 0 Å². The third-order valence-electron chi connectivity index (χ3n) is 6.40. The Bertz CT molecular complexity index is 1190. The molecule has 10 atom stereocenters. The molecule has 2 fully saturated rings. The average Bonchev–Trinajstić information content (AvgIpc) is 2.95. The van der Waals surface area contributed by atoms with Crippen LogP contribution >= 0.6 is 20.0 Å². The zero-order chi connectivity index (χ0) is 37.9. The van der Waals surface area contributed by atoms with Crippen LogP contribution in [0.3, 0.4) is 0 Å². The fraction of sp³-hybridized carbons (Fsp3) is 0.724. The minimum atomic E-state index is -2.47. The standard InChI is InChI=1S/C29H41AsO18S2/c1-12(31)39-10-20-22(41-14(3)33)24(43-16(5)35)26(45-18(7)37)28(47-20)49-30(9)50-29-27(46-19(8)38)25(44-17(6)36)23(42-15(4)34)21(48-29)11-40-13(2)32/h20-29H,10-11H2,1-9H3. The molecule has 282 valence electrons. The summed E-state index contributed by atoms with van der Waals surface area (Å²) in [6.45, 7) is 8.12. The summed E-state index contributed by atoms with van der Waals surface area (Å²) in [7, 11) is 2.32. The topological polar surface area (TPSA) is 229 Å². The van der Waals surface area contributed by atoms with Crippen molar-refractivity contribution in [2.75, 3.05) is 13.2 Å². The van der Waals surface area contributed by atoms with Gasteiger partial charge >= 0.3 is 300 Å². The number of esters is 8. The molecular weight excluding hydrogens is 775 g/mol. The molecule has 0 spiro atoms. The van der Waals surface area contributed by atoms with Crippen LogP contribution in [-0.2, 0) is 85.7 Å². The summed E-state index contributed by atoms with van der Waals surface area (Å²) in [6, 6.07) is 0. The van der Waals surface area contributed by atoms with Crippen LogP contribution in [0.4, 0.5) is 0 Å². The monoisotopic (exact) mass is 816 g/mol. The maximum absolute atomic E-state index is 12.3. The molecule has 2 aliphatic rings. The first kappa shape index (κ1) is 43.1. The van der Waals surface area contributed by atoms with Crippen LogP contribution in [-0.4, -0.2) is 133 Å². The van der Waals surface area contributed by atoms with Crippen LogP contribution < -0.4 is 0 Å². The summed E-state index contributed by atoms with van der Waals surface area (Å²) in [4.78, 5) is 96.4. The number of ether oxygens (including phenoxy) is 10. The van der Waals surface area contributed by atoms with Gasteiger partial charge in [-0.3, -0.25) is 0 Å². The summed E-state index contributed by atoms with van der Waals surface area (Å²) >= 11 is -2.47. The van der Waals surface area contributed by atoms with E-state index in [1.807, 2.05) is 5.71 Å². The van der Waals surface area contributed by atoms with Crippen molar-refractivity contribution in [3.05, 3.63) is 0 Å². The molecule has 18 nitrogen and oxygen atoms in total. The fourth-order valence-electron chi connectivity index (χ4n) is 4.86. The molecule has 2 aliphatic heterocycles. The van der Waals surface area contributed by atoms with Gasteiger partial charge in [0.15, 0.2) is 0 Å². The Morgan fingerprint density at radius 1 is 0.440 bits per heavy atom. The Morgan fingerprint density at radius 2 is 0.700 bits per heavy atom. The third-order valence-corrected chi connectivity index (χ3v) is 17.2. The van der Waals surface area contributed by atoms with Crippen LogP contribution in [0.1, 0.15) is 55.4 Å². The van der Waals surface area contributed by atoms with E-state index >= 15 is 0 Å². The predicted octanol–water partition coefficient (Wildman–Crippen LogP) is 0.737. The Morgan fingerprint density at radius 3 is 0.960 bits per heavy atom. The zero-order valence-corrected chi connectivity index (χ0v) is 32.3. The first-order valence-electron chi connectivity index (χ1n) is 15.0. The number of hydrogen-bond acceptors (Lipinski definition) is 20. The molecular formula is C29H41AsO18S2. The molecule has 0 aromatic rings. The molecule has 0 aliphatic carbocycles. The normalized spacial score (nSPS) is 29.6. The second kappa shape index (κ2) is 20.1. The summed E-state index contributed by atoms with van der Waals surface area (Å²) in [5, 5.41) is 0. The summed E-state index contributed by atoms with van der Waals surface area (Å²) < 4.78 is 55.6. The molecule has 0 amide bonds. The molecule has 0 N–H and O–H groups in total. The number of carbonyl (C=O) groups excluding carboxylic acids is 8. The van der Waals surface area contributed by atoms with E-state index in [1.54, 1.807) is 0 Å². The number of carbonyl (C=O) groups is 8. The Kier molecular flexibility index (Phi) is 17.3. The second-order valence-electron chi connectivity index (χ2n) is 10.8. The molecule has 0 aromatic carbocycles. The first-order valence-corrected chi connectivity index (χ1v) is 23.1. The van der Waals surface area contributed by atoms with Crippen LogP contribution in [0, 0.1) is 0 Å². The summed E-state index contributed by atoms with van der Waals surface area (Å²) in [5.41, 5.74) is -0.386. The molecule has 0 saturated carbocycles.